The lowest BCUT2D eigenvalue weighted by Crippen LogP contribution is -2.40. The molecule has 138 valence electrons. The van der Waals surface area contributed by atoms with Crippen molar-refractivity contribution in [2.45, 2.75) is 62.8 Å². The van der Waals surface area contributed by atoms with Crippen molar-refractivity contribution >= 4 is 0 Å². The number of aliphatic hydroxyl groups is 1. The lowest BCUT2D eigenvalue weighted by atomic mass is 9.79. The smallest absolute Gasteiger partial charge is 0.0611 e. The summed E-state index contributed by atoms with van der Waals surface area (Å²) in [5.41, 5.74) is 11.9. The maximum absolute atomic E-state index is 9.52. The lowest BCUT2D eigenvalue weighted by Gasteiger charge is -2.26. The van der Waals surface area contributed by atoms with Crippen LogP contribution in [0, 0.1) is 5.92 Å². The summed E-state index contributed by atoms with van der Waals surface area (Å²) in [6.07, 6.45) is 9.20. The van der Waals surface area contributed by atoms with Gasteiger partial charge in [-0.25, -0.2) is 0 Å². The summed E-state index contributed by atoms with van der Waals surface area (Å²) in [4.78, 5) is 0. The molecule has 3 atom stereocenters. The van der Waals surface area contributed by atoms with Crippen LogP contribution in [0.3, 0.4) is 0 Å². The van der Waals surface area contributed by atoms with Gasteiger partial charge in [-0.1, -0.05) is 48.5 Å². The average Bonchev–Trinajstić information content (AvgIpc) is 3.09. The molecule has 2 heteroatoms. The van der Waals surface area contributed by atoms with E-state index in [1.165, 1.54) is 43.2 Å². The molecule has 0 aliphatic heterocycles. The molecule has 2 aliphatic rings. The Labute approximate surface area is 157 Å². The first-order valence-corrected chi connectivity index (χ1v) is 10.2. The van der Waals surface area contributed by atoms with E-state index in [9.17, 15) is 5.11 Å². The molecule has 2 aliphatic carbocycles. The standard InChI is InChI=1S/C24H31NO/c25-24(17-26)13-12-23(16-24)22-11-10-20-14-19(8-9-21(20)15-22)7-6-18-4-2-1-3-5-18/h1-5,10-11,15,19,23,26H,6-9,12-14,16-17,25H2/t19?,23-,24+/m0/s1. The van der Waals surface area contributed by atoms with Crippen LogP contribution in [0.1, 0.15) is 60.3 Å². The highest BCUT2D eigenvalue weighted by Gasteiger charge is 2.36. The first-order valence-electron chi connectivity index (χ1n) is 10.2. The van der Waals surface area contributed by atoms with Gasteiger partial charge >= 0.3 is 0 Å². The van der Waals surface area contributed by atoms with E-state index in [2.05, 4.69) is 48.5 Å². The lowest BCUT2D eigenvalue weighted by molar-refractivity contribution is 0.198. The summed E-state index contributed by atoms with van der Waals surface area (Å²) in [5, 5.41) is 9.52. The largest absolute Gasteiger partial charge is 0.394 e. The molecule has 2 nitrogen and oxygen atoms in total. The Morgan fingerprint density at radius 1 is 1.04 bits per heavy atom. The highest BCUT2D eigenvalue weighted by atomic mass is 16.3. The highest BCUT2D eigenvalue weighted by molar-refractivity contribution is 5.36. The Morgan fingerprint density at radius 3 is 2.65 bits per heavy atom. The van der Waals surface area contributed by atoms with Crippen molar-refractivity contribution < 1.29 is 5.11 Å². The van der Waals surface area contributed by atoms with Crippen LogP contribution in [-0.2, 0) is 19.3 Å². The van der Waals surface area contributed by atoms with Crippen molar-refractivity contribution in [1.82, 2.24) is 0 Å². The van der Waals surface area contributed by atoms with Crippen molar-refractivity contribution in [1.29, 1.82) is 0 Å². The maximum atomic E-state index is 9.52. The van der Waals surface area contributed by atoms with Gasteiger partial charge in [-0.2, -0.15) is 0 Å². The quantitative estimate of drug-likeness (QED) is 0.841. The summed E-state index contributed by atoms with van der Waals surface area (Å²) in [6.45, 7) is 0.109. The first-order chi connectivity index (χ1) is 12.6. The van der Waals surface area contributed by atoms with Gasteiger partial charge in [0.2, 0.25) is 0 Å². The Kier molecular flexibility index (Phi) is 5.15. The molecule has 0 amide bonds. The van der Waals surface area contributed by atoms with Gasteiger partial charge in [-0.15, -0.1) is 0 Å². The minimum Gasteiger partial charge on any atom is -0.394 e. The Balaban J connectivity index is 1.38. The number of aryl methyl sites for hydroxylation is 2. The summed E-state index contributed by atoms with van der Waals surface area (Å²) in [5.74, 6) is 1.33. The van der Waals surface area contributed by atoms with Gasteiger partial charge in [0, 0.05) is 5.54 Å². The van der Waals surface area contributed by atoms with E-state index < -0.39 is 0 Å². The summed E-state index contributed by atoms with van der Waals surface area (Å²) in [6, 6.07) is 18.0. The Hall–Kier alpha value is -1.64. The Morgan fingerprint density at radius 2 is 1.88 bits per heavy atom. The van der Waals surface area contributed by atoms with E-state index in [0.29, 0.717) is 5.92 Å². The molecular weight excluding hydrogens is 318 g/mol. The topological polar surface area (TPSA) is 46.2 Å². The number of fused-ring (bicyclic) bond motifs is 1. The molecule has 4 rings (SSSR count). The van der Waals surface area contributed by atoms with Crippen LogP contribution in [-0.4, -0.2) is 17.3 Å². The van der Waals surface area contributed by atoms with Crippen molar-refractivity contribution in [2.24, 2.45) is 11.7 Å². The third kappa shape index (κ3) is 3.87. The molecule has 0 radical (unpaired) electrons. The summed E-state index contributed by atoms with van der Waals surface area (Å²) in [7, 11) is 0. The van der Waals surface area contributed by atoms with Crippen LogP contribution in [0.2, 0.25) is 0 Å². The predicted octanol–water partition coefficient (Wildman–Crippen LogP) is 4.38. The Bertz CT molecular complexity index is 741. The second-order valence-electron chi connectivity index (χ2n) is 8.62. The number of nitrogens with two attached hydrogens (primary N) is 1. The molecule has 1 unspecified atom stereocenters. The van der Waals surface area contributed by atoms with Gasteiger partial charge in [0.1, 0.15) is 0 Å². The van der Waals surface area contributed by atoms with E-state index in [1.807, 2.05) is 0 Å². The normalized spacial score (nSPS) is 28.1. The third-order valence-corrected chi connectivity index (χ3v) is 6.67. The van der Waals surface area contributed by atoms with Crippen LogP contribution in [0.5, 0.6) is 0 Å². The van der Waals surface area contributed by atoms with E-state index in [1.54, 1.807) is 11.1 Å². The van der Waals surface area contributed by atoms with E-state index in [-0.39, 0.29) is 12.1 Å². The molecular formula is C24H31NO. The zero-order valence-corrected chi connectivity index (χ0v) is 15.7. The van der Waals surface area contributed by atoms with E-state index >= 15 is 0 Å². The first kappa shape index (κ1) is 17.8. The average molecular weight is 350 g/mol. The molecule has 3 N–H and O–H groups in total. The molecule has 0 spiro atoms. The molecule has 1 saturated carbocycles. The zero-order valence-electron chi connectivity index (χ0n) is 15.7. The van der Waals surface area contributed by atoms with Crippen molar-refractivity contribution in [3.8, 4) is 0 Å². The van der Waals surface area contributed by atoms with Crippen molar-refractivity contribution in [2.75, 3.05) is 6.61 Å². The molecule has 0 aromatic heterocycles. The number of hydrogen-bond donors (Lipinski definition) is 2. The van der Waals surface area contributed by atoms with Gasteiger partial charge in [0.25, 0.3) is 0 Å². The monoisotopic (exact) mass is 349 g/mol. The number of rotatable bonds is 5. The minimum atomic E-state index is -0.358. The zero-order chi connectivity index (χ0) is 18.0. The van der Waals surface area contributed by atoms with Gasteiger partial charge in [0.15, 0.2) is 0 Å². The molecule has 26 heavy (non-hydrogen) atoms. The number of hydrogen-bond acceptors (Lipinski definition) is 2. The van der Waals surface area contributed by atoms with E-state index in [0.717, 1.165) is 25.2 Å². The fourth-order valence-electron chi connectivity index (χ4n) is 4.95. The third-order valence-electron chi connectivity index (χ3n) is 6.67. The van der Waals surface area contributed by atoms with Crippen LogP contribution in [0.4, 0.5) is 0 Å². The van der Waals surface area contributed by atoms with Crippen molar-refractivity contribution in [3.63, 3.8) is 0 Å². The van der Waals surface area contributed by atoms with E-state index in [4.69, 9.17) is 5.73 Å². The second-order valence-corrected chi connectivity index (χ2v) is 8.62. The SMILES string of the molecule is N[C@]1(CO)CC[C@H](c2ccc3c(c2)CCC(CCc2ccccc2)C3)C1. The van der Waals surface area contributed by atoms with Gasteiger partial charge < -0.3 is 10.8 Å². The van der Waals surface area contributed by atoms with Crippen LogP contribution in [0.25, 0.3) is 0 Å². The summed E-state index contributed by atoms with van der Waals surface area (Å²) < 4.78 is 0. The molecule has 0 heterocycles. The fraction of sp³-hybridized carbons (Fsp3) is 0.500. The molecule has 0 bridgehead atoms. The molecule has 1 fully saturated rings. The minimum absolute atomic E-state index is 0.109. The fourth-order valence-corrected chi connectivity index (χ4v) is 4.95. The summed E-state index contributed by atoms with van der Waals surface area (Å²) >= 11 is 0. The van der Waals surface area contributed by atoms with Gasteiger partial charge in [0.05, 0.1) is 6.61 Å². The molecule has 2 aromatic carbocycles. The van der Waals surface area contributed by atoms with Gasteiger partial charge in [-0.05, 0) is 85.5 Å². The van der Waals surface area contributed by atoms with Crippen LogP contribution >= 0.6 is 0 Å². The highest BCUT2D eigenvalue weighted by Crippen LogP contribution is 2.40. The van der Waals surface area contributed by atoms with Crippen LogP contribution in [0.15, 0.2) is 48.5 Å². The second kappa shape index (κ2) is 7.54. The van der Waals surface area contributed by atoms with Gasteiger partial charge in [-0.3, -0.25) is 0 Å². The van der Waals surface area contributed by atoms with Crippen LogP contribution < -0.4 is 5.73 Å². The predicted molar refractivity (Wildman–Crippen MR) is 107 cm³/mol. The van der Waals surface area contributed by atoms with Crippen molar-refractivity contribution in [3.05, 3.63) is 70.8 Å². The molecule has 0 saturated heterocycles. The number of aliphatic hydroxyl groups excluding tert-OH is 1. The number of benzene rings is 2. The molecule has 2 aromatic rings. The maximum Gasteiger partial charge on any atom is 0.0611 e.